The first-order chi connectivity index (χ1) is 12.5. The van der Waals surface area contributed by atoms with E-state index in [9.17, 15) is 9.59 Å². The number of hydrazone groups is 1. The highest BCUT2D eigenvalue weighted by Gasteiger charge is 2.13. The number of fused-ring (bicyclic) bond motifs is 1. The van der Waals surface area contributed by atoms with E-state index in [1.54, 1.807) is 31.2 Å². The van der Waals surface area contributed by atoms with Gasteiger partial charge < -0.3 is 5.32 Å². The van der Waals surface area contributed by atoms with Crippen molar-refractivity contribution in [1.29, 1.82) is 0 Å². The Morgan fingerprint density at radius 3 is 2.35 bits per heavy atom. The van der Waals surface area contributed by atoms with E-state index >= 15 is 0 Å². The molecule has 0 bridgehead atoms. The molecule has 0 aromatic heterocycles. The van der Waals surface area contributed by atoms with Crippen LogP contribution in [0.2, 0.25) is 5.02 Å². The lowest BCUT2D eigenvalue weighted by Gasteiger charge is -2.07. The van der Waals surface area contributed by atoms with Crippen molar-refractivity contribution in [3.8, 4) is 0 Å². The van der Waals surface area contributed by atoms with E-state index < -0.39 is 11.8 Å². The molecule has 0 aliphatic heterocycles. The fraction of sp³-hybridized carbons (Fsp3) is 0.0500. The van der Waals surface area contributed by atoms with Crippen LogP contribution >= 0.6 is 11.6 Å². The van der Waals surface area contributed by atoms with E-state index in [0.29, 0.717) is 16.4 Å². The van der Waals surface area contributed by atoms with Crippen molar-refractivity contribution < 1.29 is 9.59 Å². The van der Waals surface area contributed by atoms with Crippen LogP contribution in [0.3, 0.4) is 0 Å². The molecule has 0 spiro atoms. The molecule has 2 amide bonds. The summed E-state index contributed by atoms with van der Waals surface area (Å²) in [6, 6.07) is 20.2. The molecule has 0 atom stereocenters. The number of halogens is 1. The van der Waals surface area contributed by atoms with Crippen molar-refractivity contribution in [2.75, 3.05) is 5.32 Å². The molecule has 2 N–H and O–H groups in total. The Hall–Kier alpha value is -3.18. The summed E-state index contributed by atoms with van der Waals surface area (Å²) < 4.78 is 0. The van der Waals surface area contributed by atoms with Gasteiger partial charge in [-0.15, -0.1) is 0 Å². The van der Waals surface area contributed by atoms with Crippen molar-refractivity contribution >= 4 is 45.6 Å². The highest BCUT2D eigenvalue weighted by Crippen LogP contribution is 2.19. The maximum absolute atomic E-state index is 12.0. The lowest BCUT2D eigenvalue weighted by molar-refractivity contribution is -0.136. The van der Waals surface area contributed by atoms with Gasteiger partial charge in [-0.25, -0.2) is 5.43 Å². The van der Waals surface area contributed by atoms with Crippen LogP contribution < -0.4 is 10.7 Å². The van der Waals surface area contributed by atoms with Crippen LogP contribution in [0.15, 0.2) is 71.8 Å². The lowest BCUT2D eigenvalue weighted by Crippen LogP contribution is -2.32. The fourth-order valence-electron chi connectivity index (χ4n) is 2.51. The average Bonchev–Trinajstić information content (AvgIpc) is 2.67. The lowest BCUT2D eigenvalue weighted by atomic mass is 10.0. The Morgan fingerprint density at radius 2 is 1.58 bits per heavy atom. The van der Waals surface area contributed by atoms with Gasteiger partial charge in [-0.2, -0.15) is 5.10 Å². The molecule has 130 valence electrons. The minimum atomic E-state index is -0.848. The number of amides is 2. The first kappa shape index (κ1) is 17.6. The minimum absolute atomic E-state index is 0.476. The molecule has 0 aliphatic carbocycles. The number of nitrogens with zero attached hydrogens (tertiary/aromatic N) is 1. The maximum atomic E-state index is 12.0. The van der Waals surface area contributed by atoms with Crippen molar-refractivity contribution in [3.05, 3.63) is 77.3 Å². The van der Waals surface area contributed by atoms with Crippen LogP contribution in [0.25, 0.3) is 10.8 Å². The molecule has 5 nitrogen and oxygen atoms in total. The van der Waals surface area contributed by atoms with Crippen molar-refractivity contribution in [2.24, 2.45) is 5.10 Å². The Bertz CT molecular complexity index is 992. The summed E-state index contributed by atoms with van der Waals surface area (Å²) in [7, 11) is 0. The minimum Gasteiger partial charge on any atom is -0.318 e. The summed E-state index contributed by atoms with van der Waals surface area (Å²) in [4.78, 5) is 23.9. The number of nitrogens with one attached hydrogen (secondary N) is 2. The van der Waals surface area contributed by atoms with Crippen LogP contribution in [-0.4, -0.2) is 17.5 Å². The van der Waals surface area contributed by atoms with Crippen molar-refractivity contribution in [3.63, 3.8) is 0 Å². The summed E-state index contributed by atoms with van der Waals surface area (Å²) >= 11 is 5.79. The number of carbonyl (C=O) groups is 2. The third kappa shape index (κ3) is 4.07. The van der Waals surface area contributed by atoms with Gasteiger partial charge in [0.2, 0.25) is 0 Å². The molecule has 0 aliphatic rings. The summed E-state index contributed by atoms with van der Waals surface area (Å²) in [6.45, 7) is 1.78. The van der Waals surface area contributed by atoms with Crippen LogP contribution in [0.5, 0.6) is 0 Å². The Labute approximate surface area is 155 Å². The zero-order chi connectivity index (χ0) is 18.5. The van der Waals surface area contributed by atoms with Gasteiger partial charge in [-0.05, 0) is 42.0 Å². The van der Waals surface area contributed by atoms with Gasteiger partial charge in [0.1, 0.15) is 0 Å². The van der Waals surface area contributed by atoms with Gasteiger partial charge in [0.25, 0.3) is 0 Å². The fourth-order valence-corrected chi connectivity index (χ4v) is 2.63. The Kier molecular flexibility index (Phi) is 5.29. The van der Waals surface area contributed by atoms with Gasteiger partial charge in [-0.3, -0.25) is 9.59 Å². The van der Waals surface area contributed by atoms with E-state index in [0.717, 1.165) is 16.3 Å². The van der Waals surface area contributed by atoms with E-state index in [4.69, 9.17) is 11.6 Å². The third-order valence-electron chi connectivity index (χ3n) is 3.81. The molecule has 0 unspecified atom stereocenters. The number of carbonyl (C=O) groups excluding carboxylic acids is 2. The number of hydrogen-bond donors (Lipinski definition) is 2. The van der Waals surface area contributed by atoms with E-state index in [1.165, 1.54) is 0 Å². The standard InChI is InChI=1S/C20H16ClN3O2/c1-13(17-8-4-6-14-5-2-3-7-18(14)17)23-24-20(26)19(25)22-16-11-9-15(21)10-12-16/h2-12H,1H3,(H,22,25)(H,24,26)/b23-13+. The van der Waals surface area contributed by atoms with E-state index in [1.807, 2.05) is 42.5 Å². The SMILES string of the molecule is C/C(=N\NC(=O)C(=O)Nc1ccc(Cl)cc1)c1cccc2ccccc12. The third-order valence-corrected chi connectivity index (χ3v) is 4.06. The van der Waals surface area contributed by atoms with Gasteiger partial charge >= 0.3 is 11.8 Å². The first-order valence-electron chi connectivity index (χ1n) is 7.94. The van der Waals surface area contributed by atoms with Crippen molar-refractivity contribution in [1.82, 2.24) is 5.43 Å². The highest BCUT2D eigenvalue weighted by atomic mass is 35.5. The number of anilines is 1. The maximum Gasteiger partial charge on any atom is 0.329 e. The summed E-state index contributed by atoms with van der Waals surface area (Å²) in [6.07, 6.45) is 0. The molecular formula is C20H16ClN3O2. The molecule has 0 saturated carbocycles. The van der Waals surface area contributed by atoms with Crippen LogP contribution in [0, 0.1) is 0 Å². The first-order valence-corrected chi connectivity index (χ1v) is 8.32. The molecule has 0 fully saturated rings. The average molecular weight is 366 g/mol. The normalized spacial score (nSPS) is 11.2. The molecule has 6 heteroatoms. The van der Waals surface area contributed by atoms with Gasteiger partial charge in [0, 0.05) is 16.3 Å². The molecular weight excluding hydrogens is 350 g/mol. The Morgan fingerprint density at radius 1 is 0.885 bits per heavy atom. The van der Waals surface area contributed by atoms with Gasteiger partial charge in [-0.1, -0.05) is 54.1 Å². The van der Waals surface area contributed by atoms with Crippen LogP contribution in [-0.2, 0) is 9.59 Å². The Balaban J connectivity index is 1.70. The number of benzene rings is 3. The molecule has 3 aromatic carbocycles. The van der Waals surface area contributed by atoms with Gasteiger partial charge in [0.05, 0.1) is 5.71 Å². The second kappa shape index (κ2) is 7.80. The molecule has 3 aromatic rings. The molecule has 0 heterocycles. The highest BCUT2D eigenvalue weighted by molar-refractivity contribution is 6.39. The smallest absolute Gasteiger partial charge is 0.318 e. The summed E-state index contributed by atoms with van der Waals surface area (Å²) in [5.74, 6) is -1.65. The molecule has 0 radical (unpaired) electrons. The number of rotatable bonds is 3. The van der Waals surface area contributed by atoms with E-state index in [2.05, 4.69) is 15.8 Å². The molecule has 26 heavy (non-hydrogen) atoms. The topological polar surface area (TPSA) is 70.6 Å². The second-order valence-corrected chi connectivity index (χ2v) is 6.06. The zero-order valence-corrected chi connectivity index (χ0v) is 14.7. The summed E-state index contributed by atoms with van der Waals surface area (Å²) in [5, 5.41) is 9.18. The monoisotopic (exact) mass is 365 g/mol. The second-order valence-electron chi connectivity index (χ2n) is 5.63. The largest absolute Gasteiger partial charge is 0.329 e. The van der Waals surface area contributed by atoms with Crippen molar-refractivity contribution in [2.45, 2.75) is 6.92 Å². The quantitative estimate of drug-likeness (QED) is 0.419. The molecule has 3 rings (SSSR count). The van der Waals surface area contributed by atoms with Crippen LogP contribution in [0.4, 0.5) is 5.69 Å². The summed E-state index contributed by atoms with van der Waals surface area (Å²) in [5.41, 5.74) is 4.26. The zero-order valence-electron chi connectivity index (χ0n) is 14.0. The molecule has 0 saturated heterocycles. The van der Waals surface area contributed by atoms with E-state index in [-0.39, 0.29) is 0 Å². The van der Waals surface area contributed by atoms with Gasteiger partial charge in [0.15, 0.2) is 0 Å². The predicted octanol–water partition coefficient (Wildman–Crippen LogP) is 3.97. The number of hydrogen-bond acceptors (Lipinski definition) is 3. The van der Waals surface area contributed by atoms with Crippen LogP contribution in [0.1, 0.15) is 12.5 Å². The predicted molar refractivity (Wildman–Crippen MR) is 104 cm³/mol.